The van der Waals surface area contributed by atoms with Gasteiger partial charge in [-0.25, -0.2) is 19.2 Å². The van der Waals surface area contributed by atoms with Gasteiger partial charge in [0.1, 0.15) is 29.2 Å². The number of carboxylic acid groups (broad SMARTS) is 1. The summed E-state index contributed by atoms with van der Waals surface area (Å²) in [5.41, 5.74) is 3.19. The lowest BCUT2D eigenvalue weighted by Crippen LogP contribution is -2.35. The van der Waals surface area contributed by atoms with Crippen molar-refractivity contribution in [2.24, 2.45) is 0 Å². The summed E-state index contributed by atoms with van der Waals surface area (Å²) in [5.74, 6) is 0.308. The fourth-order valence-electron chi connectivity index (χ4n) is 5.48. The van der Waals surface area contributed by atoms with Crippen LogP contribution < -0.4 is 4.74 Å². The van der Waals surface area contributed by atoms with Crippen molar-refractivity contribution in [3.63, 3.8) is 0 Å². The maximum atomic E-state index is 14.4. The molecule has 0 aliphatic carbocycles. The fourth-order valence-corrected chi connectivity index (χ4v) is 6.38. The van der Waals surface area contributed by atoms with E-state index in [0.717, 1.165) is 72.8 Å². The van der Waals surface area contributed by atoms with Crippen molar-refractivity contribution in [1.82, 2.24) is 19.4 Å². The lowest BCUT2D eigenvalue weighted by molar-refractivity contribution is -0.0592. The summed E-state index contributed by atoms with van der Waals surface area (Å²) in [7, 11) is 0. The van der Waals surface area contributed by atoms with Crippen LogP contribution in [0.5, 0.6) is 5.88 Å². The lowest BCUT2D eigenvalue weighted by atomic mass is 9.93. The SMILES string of the molecule is Cc1c(C#N)sc(COc2cccc(C3CCN(Cc4nc5ccc(C(=O)O)cc5n4CC4CCO4)CC3)n2)c1F. The van der Waals surface area contributed by atoms with Gasteiger partial charge in [-0.2, -0.15) is 5.26 Å². The molecule has 2 aliphatic rings. The third kappa shape index (κ3) is 5.68. The average Bonchev–Trinajstić information content (AvgIpc) is 3.44. The predicted octanol–water partition coefficient (Wildman–Crippen LogP) is 5.26. The minimum Gasteiger partial charge on any atom is -0.478 e. The van der Waals surface area contributed by atoms with Crippen molar-refractivity contribution in [3.8, 4) is 11.9 Å². The van der Waals surface area contributed by atoms with E-state index in [2.05, 4.69) is 9.47 Å². The van der Waals surface area contributed by atoms with Gasteiger partial charge >= 0.3 is 5.97 Å². The van der Waals surface area contributed by atoms with E-state index < -0.39 is 5.97 Å². The quantitative estimate of drug-likeness (QED) is 0.288. The number of thiophene rings is 1. The molecule has 1 atom stereocenters. The van der Waals surface area contributed by atoms with Gasteiger partial charge in [0.15, 0.2) is 0 Å². The number of hydrogen-bond donors (Lipinski definition) is 1. The Balaban J connectivity index is 1.11. The summed E-state index contributed by atoms with van der Waals surface area (Å²) < 4.78 is 28.0. The van der Waals surface area contributed by atoms with Crippen LogP contribution in [0.2, 0.25) is 0 Å². The molecule has 0 radical (unpaired) electrons. The van der Waals surface area contributed by atoms with E-state index in [9.17, 15) is 14.3 Å². The summed E-state index contributed by atoms with van der Waals surface area (Å²) in [6.07, 6.45) is 2.97. The second-order valence-corrected chi connectivity index (χ2v) is 11.7. The van der Waals surface area contributed by atoms with Crippen LogP contribution in [0.1, 0.15) is 62.4 Å². The van der Waals surface area contributed by atoms with Gasteiger partial charge in [-0.1, -0.05) is 6.07 Å². The Morgan fingerprint density at radius 2 is 2.05 bits per heavy atom. The molecule has 212 valence electrons. The predicted molar refractivity (Wildman–Crippen MR) is 151 cm³/mol. The van der Waals surface area contributed by atoms with Crippen LogP contribution in [0.25, 0.3) is 11.0 Å². The highest BCUT2D eigenvalue weighted by Crippen LogP contribution is 2.31. The Kier molecular flexibility index (Phi) is 7.71. The zero-order valence-corrected chi connectivity index (χ0v) is 23.5. The van der Waals surface area contributed by atoms with Crippen LogP contribution in [-0.2, 0) is 24.4 Å². The number of ether oxygens (including phenoxy) is 2. The van der Waals surface area contributed by atoms with Gasteiger partial charge in [0.05, 0.1) is 40.7 Å². The van der Waals surface area contributed by atoms with Gasteiger partial charge in [0.25, 0.3) is 0 Å². The Morgan fingerprint density at radius 1 is 1.24 bits per heavy atom. The zero-order chi connectivity index (χ0) is 28.5. The van der Waals surface area contributed by atoms with E-state index in [1.165, 1.54) is 0 Å². The van der Waals surface area contributed by atoms with Gasteiger partial charge < -0.3 is 19.1 Å². The first-order chi connectivity index (χ1) is 19.9. The van der Waals surface area contributed by atoms with Crippen molar-refractivity contribution in [2.45, 2.75) is 57.9 Å². The fraction of sp³-hybridized carbons (Fsp3) is 0.400. The summed E-state index contributed by atoms with van der Waals surface area (Å²) in [6.45, 7) is 5.47. The first kappa shape index (κ1) is 27.3. The van der Waals surface area contributed by atoms with E-state index in [1.807, 2.05) is 18.2 Å². The maximum absolute atomic E-state index is 14.4. The molecule has 3 aromatic heterocycles. The molecular weight excluding hydrogens is 545 g/mol. The standard InChI is InChI=1S/C30H30FN5O4S/c1-18-25(14-32)41-26(29(18)31)17-40-28-4-2-3-22(34-28)19-7-10-35(11-8-19)16-27-33-23-6-5-20(30(37)38)13-24(23)36(27)15-21-9-12-39-21/h2-6,13,19,21H,7-12,15-17H2,1H3,(H,37,38). The summed E-state index contributed by atoms with van der Waals surface area (Å²) in [5, 5.41) is 18.6. The largest absolute Gasteiger partial charge is 0.478 e. The molecule has 9 nitrogen and oxygen atoms in total. The number of benzene rings is 1. The third-order valence-electron chi connectivity index (χ3n) is 7.96. The topological polar surface area (TPSA) is 114 Å². The number of aromatic carboxylic acids is 1. The second kappa shape index (κ2) is 11.6. The number of halogens is 1. The smallest absolute Gasteiger partial charge is 0.335 e. The molecule has 0 spiro atoms. The molecule has 41 heavy (non-hydrogen) atoms. The number of nitriles is 1. The molecule has 2 saturated heterocycles. The highest BCUT2D eigenvalue weighted by atomic mass is 32.1. The number of pyridine rings is 1. The zero-order valence-electron chi connectivity index (χ0n) is 22.7. The summed E-state index contributed by atoms with van der Waals surface area (Å²) in [6, 6.07) is 12.8. The summed E-state index contributed by atoms with van der Waals surface area (Å²) >= 11 is 1.12. The molecule has 1 aromatic carbocycles. The maximum Gasteiger partial charge on any atom is 0.335 e. The Labute approximate surface area is 240 Å². The Hall–Kier alpha value is -3.85. The molecule has 2 fully saturated rings. The molecular formula is C30H30FN5O4S. The normalized spacial score (nSPS) is 17.8. The molecule has 6 rings (SSSR count). The van der Waals surface area contributed by atoms with Gasteiger partial charge in [0, 0.05) is 29.8 Å². The molecule has 2 aliphatic heterocycles. The molecule has 5 heterocycles. The van der Waals surface area contributed by atoms with Crippen molar-refractivity contribution < 1.29 is 23.8 Å². The monoisotopic (exact) mass is 575 g/mol. The van der Waals surface area contributed by atoms with Crippen molar-refractivity contribution in [1.29, 1.82) is 5.26 Å². The number of aromatic nitrogens is 3. The van der Waals surface area contributed by atoms with E-state index in [1.54, 1.807) is 31.2 Å². The highest BCUT2D eigenvalue weighted by molar-refractivity contribution is 7.12. The number of piperidine rings is 1. The number of imidazole rings is 1. The number of carboxylic acids is 1. The summed E-state index contributed by atoms with van der Waals surface area (Å²) in [4.78, 5) is 24.3. The van der Waals surface area contributed by atoms with E-state index >= 15 is 0 Å². The van der Waals surface area contributed by atoms with Crippen molar-refractivity contribution in [2.75, 3.05) is 19.7 Å². The molecule has 0 saturated carbocycles. The average molecular weight is 576 g/mol. The Bertz CT molecular complexity index is 1630. The molecule has 1 unspecified atom stereocenters. The van der Waals surface area contributed by atoms with Crippen molar-refractivity contribution >= 4 is 28.3 Å². The molecule has 4 aromatic rings. The molecule has 11 heteroatoms. The van der Waals surface area contributed by atoms with E-state index in [-0.39, 0.29) is 30.0 Å². The minimum absolute atomic E-state index is 0.0365. The number of nitrogens with zero attached hydrogens (tertiary/aromatic N) is 5. The molecule has 0 bridgehead atoms. The van der Waals surface area contributed by atoms with Gasteiger partial charge in [0.2, 0.25) is 5.88 Å². The second-order valence-electron chi connectivity index (χ2n) is 10.6. The van der Waals surface area contributed by atoms with Crippen LogP contribution in [-0.4, -0.2) is 56.3 Å². The molecule has 1 N–H and O–H groups in total. The van der Waals surface area contributed by atoms with Crippen LogP contribution >= 0.6 is 11.3 Å². The van der Waals surface area contributed by atoms with Gasteiger partial charge in [-0.05, 0) is 63.5 Å². The Morgan fingerprint density at radius 3 is 2.73 bits per heavy atom. The number of hydrogen-bond acceptors (Lipinski definition) is 8. The van der Waals surface area contributed by atoms with Crippen LogP contribution in [0, 0.1) is 24.1 Å². The van der Waals surface area contributed by atoms with Gasteiger partial charge in [-0.15, -0.1) is 11.3 Å². The highest BCUT2D eigenvalue weighted by Gasteiger charge is 2.26. The number of likely N-dealkylation sites (tertiary alicyclic amines) is 1. The number of fused-ring (bicyclic) bond motifs is 1. The van der Waals surface area contributed by atoms with E-state index in [4.69, 9.17) is 24.7 Å². The third-order valence-corrected chi connectivity index (χ3v) is 9.11. The van der Waals surface area contributed by atoms with E-state index in [0.29, 0.717) is 34.3 Å². The van der Waals surface area contributed by atoms with Crippen LogP contribution in [0.15, 0.2) is 36.4 Å². The number of carbonyl (C=O) groups is 1. The minimum atomic E-state index is -0.951. The lowest BCUT2D eigenvalue weighted by Gasteiger charge is -2.32. The first-order valence-corrected chi connectivity index (χ1v) is 14.5. The van der Waals surface area contributed by atoms with Crippen molar-refractivity contribution in [3.05, 3.63) is 74.6 Å². The molecule has 0 amide bonds. The van der Waals surface area contributed by atoms with Crippen LogP contribution in [0.4, 0.5) is 4.39 Å². The first-order valence-electron chi connectivity index (χ1n) is 13.7. The van der Waals surface area contributed by atoms with Gasteiger partial charge in [-0.3, -0.25) is 4.90 Å². The number of rotatable bonds is 9. The van der Waals surface area contributed by atoms with Crippen LogP contribution in [0.3, 0.4) is 0 Å².